The summed E-state index contributed by atoms with van der Waals surface area (Å²) in [4.78, 5) is 75.6. The normalized spacial score (nSPS) is 16.5. The van der Waals surface area contributed by atoms with Gasteiger partial charge in [-0.1, -0.05) is 51.1 Å². The number of pyridine rings is 2. The molecule has 23 heteroatoms. The van der Waals surface area contributed by atoms with Gasteiger partial charge >= 0.3 is 5.97 Å². The van der Waals surface area contributed by atoms with E-state index in [2.05, 4.69) is 29.8 Å². The summed E-state index contributed by atoms with van der Waals surface area (Å²) in [5, 5.41) is 19.9. The van der Waals surface area contributed by atoms with E-state index in [-0.39, 0.29) is 77.2 Å². The molecule has 0 fully saturated rings. The van der Waals surface area contributed by atoms with Gasteiger partial charge in [-0.2, -0.15) is 0 Å². The Morgan fingerprint density at radius 1 is 0.750 bits per heavy atom. The van der Waals surface area contributed by atoms with Crippen molar-refractivity contribution in [2.24, 2.45) is 11.7 Å². The molecule has 4 heterocycles. The van der Waals surface area contributed by atoms with E-state index in [1.165, 1.54) is 6.07 Å². The second-order valence-corrected chi connectivity index (χ2v) is 22.7. The van der Waals surface area contributed by atoms with Crippen molar-refractivity contribution in [2.75, 3.05) is 132 Å². The van der Waals surface area contributed by atoms with Crippen LogP contribution in [-0.2, 0) is 98.0 Å². The molecule has 0 saturated carbocycles. The molecular weight excluding hydrogens is 1140 g/mol. The van der Waals surface area contributed by atoms with Gasteiger partial charge in [-0.15, -0.1) is 0 Å². The Balaban J connectivity index is 0.844. The van der Waals surface area contributed by atoms with E-state index in [4.69, 9.17) is 58.1 Å². The molecule has 22 nitrogen and oxygen atoms in total. The van der Waals surface area contributed by atoms with Gasteiger partial charge in [-0.25, -0.2) is 9.37 Å². The van der Waals surface area contributed by atoms with Crippen LogP contribution in [0.25, 0.3) is 22.3 Å². The average molecular weight is 1230 g/mol. The lowest BCUT2D eigenvalue weighted by Crippen LogP contribution is -2.55. The third-order valence-corrected chi connectivity index (χ3v) is 16.3. The molecule has 3 aliphatic rings. The Hall–Kier alpha value is -5.83. The number of aliphatic hydroxyl groups is 1. The number of aryl methyl sites for hydroxylation is 1. The van der Waals surface area contributed by atoms with Crippen molar-refractivity contribution in [3.8, 4) is 11.4 Å². The number of cyclic esters (lactones) is 1. The highest BCUT2D eigenvalue weighted by molar-refractivity contribution is 5.96. The van der Waals surface area contributed by atoms with Gasteiger partial charge in [0, 0.05) is 43.1 Å². The maximum Gasteiger partial charge on any atom is 0.316 e. The maximum atomic E-state index is 15.7. The molecule has 4 atom stereocenters. The van der Waals surface area contributed by atoms with Crippen LogP contribution in [0, 0.1) is 18.7 Å². The van der Waals surface area contributed by atoms with Crippen LogP contribution in [0.5, 0.6) is 0 Å². The van der Waals surface area contributed by atoms with Crippen molar-refractivity contribution >= 4 is 34.6 Å². The first-order valence-electron chi connectivity index (χ1n) is 31.4. The van der Waals surface area contributed by atoms with Crippen LogP contribution in [0.3, 0.4) is 0 Å². The average Bonchev–Trinajstić information content (AvgIpc) is 1.47. The van der Waals surface area contributed by atoms with E-state index in [1.807, 2.05) is 37.3 Å². The first kappa shape index (κ1) is 69.6. The number of benzene rings is 2. The van der Waals surface area contributed by atoms with Crippen LogP contribution in [0.4, 0.5) is 4.39 Å². The summed E-state index contributed by atoms with van der Waals surface area (Å²) < 4.78 is 73.0. The number of nitrogens with zero attached hydrogens (tertiary/aromatic N) is 2. The minimum atomic E-state index is -1.25. The van der Waals surface area contributed by atoms with Gasteiger partial charge in [0.25, 0.3) is 5.56 Å². The number of aliphatic hydroxyl groups excluding tert-OH is 1. The largest absolute Gasteiger partial charge is 0.460 e. The quantitative estimate of drug-likeness (QED) is 0.0254. The zero-order valence-corrected chi connectivity index (χ0v) is 51.9. The first-order chi connectivity index (χ1) is 42.8. The minimum absolute atomic E-state index is 0.0346. The number of carbonyl (C=O) groups is 4. The highest BCUT2D eigenvalue weighted by Gasteiger charge is 2.47. The van der Waals surface area contributed by atoms with Gasteiger partial charge < -0.3 is 78.7 Å². The van der Waals surface area contributed by atoms with E-state index >= 15 is 4.39 Å². The number of amides is 3. The van der Waals surface area contributed by atoms with Crippen LogP contribution in [-0.4, -0.2) is 183 Å². The highest BCUT2D eigenvalue weighted by Crippen LogP contribution is 2.47. The molecule has 3 amide bonds. The number of aromatic nitrogens is 2. The Morgan fingerprint density at radius 3 is 1.89 bits per heavy atom. The summed E-state index contributed by atoms with van der Waals surface area (Å²) >= 11 is 0. The third kappa shape index (κ3) is 19.6. The molecule has 1 unspecified atom stereocenters. The fraction of sp³-hybridized carbons (Fsp3) is 0.631. The lowest BCUT2D eigenvalue weighted by atomic mass is 9.72. The predicted molar refractivity (Wildman–Crippen MR) is 326 cm³/mol. The number of esters is 1. The van der Waals surface area contributed by atoms with E-state index in [1.54, 1.807) is 17.6 Å². The van der Waals surface area contributed by atoms with Crippen molar-refractivity contribution in [1.29, 1.82) is 0 Å². The molecule has 2 aromatic heterocycles. The molecule has 0 spiro atoms. The van der Waals surface area contributed by atoms with Gasteiger partial charge in [0.15, 0.2) is 0 Å². The molecule has 486 valence electrons. The number of fused-ring (bicyclic) bond motifs is 5. The monoisotopic (exact) mass is 1230 g/mol. The molecule has 7 rings (SSSR count). The smallest absolute Gasteiger partial charge is 0.316 e. The molecule has 2 aromatic carbocycles. The van der Waals surface area contributed by atoms with Gasteiger partial charge in [0.05, 0.1) is 153 Å². The molecule has 0 saturated heterocycles. The fourth-order valence-corrected chi connectivity index (χ4v) is 11.4. The Bertz CT molecular complexity index is 2930. The van der Waals surface area contributed by atoms with Crippen molar-refractivity contribution in [2.45, 2.75) is 129 Å². The lowest BCUT2D eigenvalue weighted by Gasteiger charge is -2.36. The van der Waals surface area contributed by atoms with Gasteiger partial charge in [-0.3, -0.25) is 24.0 Å². The number of nitrogens with one attached hydrogen (secondary N) is 3. The van der Waals surface area contributed by atoms with Crippen molar-refractivity contribution in [3.63, 3.8) is 0 Å². The molecule has 0 bridgehead atoms. The summed E-state index contributed by atoms with van der Waals surface area (Å²) in [5.41, 5.74) is 9.73. The summed E-state index contributed by atoms with van der Waals surface area (Å²) in [6, 6.07) is 9.68. The van der Waals surface area contributed by atoms with Crippen molar-refractivity contribution < 1.29 is 76.0 Å². The number of hydrogen-bond acceptors (Lipinski definition) is 18. The van der Waals surface area contributed by atoms with Crippen LogP contribution < -0.4 is 27.2 Å². The SMILES string of the molecule is CCC1(CCO)C(=O)OCc2c1cc1n(c2=O)Cc2c-1nc1cc(F)c(C)c3c1c2[C@@H](NC(=O)[C@H](CCCCN)NC(=O)[C@H](Cc1ccccc1)NC(=O)CCOCCOCCOCCOCCOCCOCCOCCOCCOCCC(C)C)CC3. The molecule has 2 aliphatic heterocycles. The highest BCUT2D eigenvalue weighted by atomic mass is 19.1. The van der Waals surface area contributed by atoms with E-state index in [9.17, 15) is 29.1 Å². The van der Waals surface area contributed by atoms with Crippen LogP contribution >= 0.6 is 0 Å². The van der Waals surface area contributed by atoms with Crippen molar-refractivity contribution in [1.82, 2.24) is 25.5 Å². The molecule has 0 radical (unpaired) electrons. The van der Waals surface area contributed by atoms with E-state index in [0.29, 0.717) is 181 Å². The zero-order valence-electron chi connectivity index (χ0n) is 51.9. The summed E-state index contributed by atoms with van der Waals surface area (Å²) in [6.07, 6.45) is 3.64. The van der Waals surface area contributed by atoms with E-state index < -0.39 is 53.0 Å². The van der Waals surface area contributed by atoms with Gasteiger partial charge in [-0.05, 0) is 105 Å². The Morgan fingerprint density at radius 2 is 1.33 bits per heavy atom. The van der Waals surface area contributed by atoms with Crippen molar-refractivity contribution in [3.05, 3.63) is 97.6 Å². The number of halogens is 1. The van der Waals surface area contributed by atoms with Gasteiger partial charge in [0.2, 0.25) is 17.7 Å². The predicted octanol–water partition coefficient (Wildman–Crippen LogP) is 4.99. The number of unbranched alkanes of at least 4 members (excludes halogenated alkanes) is 1. The van der Waals surface area contributed by atoms with Gasteiger partial charge in [0.1, 0.15) is 24.5 Å². The number of hydrogen-bond donors (Lipinski definition) is 5. The number of carbonyl (C=O) groups excluding carboxylic acids is 4. The molecule has 4 aromatic rings. The lowest BCUT2D eigenvalue weighted by molar-refractivity contribution is -0.155. The molecule has 6 N–H and O–H groups in total. The fourth-order valence-electron chi connectivity index (χ4n) is 11.4. The third-order valence-electron chi connectivity index (χ3n) is 16.3. The first-order valence-corrected chi connectivity index (χ1v) is 31.4. The number of rotatable bonds is 44. The summed E-state index contributed by atoms with van der Waals surface area (Å²) in [5.74, 6) is -1.75. The molecule has 88 heavy (non-hydrogen) atoms. The second-order valence-electron chi connectivity index (χ2n) is 22.7. The second kappa shape index (κ2) is 36.7. The molecular formula is C65H93FN6O16. The Labute approximate surface area is 515 Å². The number of nitrogens with two attached hydrogens (primary N) is 1. The maximum absolute atomic E-state index is 15.7. The molecule has 1 aliphatic carbocycles. The van der Waals surface area contributed by atoms with Crippen LogP contribution in [0.1, 0.15) is 117 Å². The van der Waals surface area contributed by atoms with E-state index in [0.717, 1.165) is 24.2 Å². The summed E-state index contributed by atoms with van der Waals surface area (Å²) in [7, 11) is 0. The van der Waals surface area contributed by atoms with Crippen LogP contribution in [0.2, 0.25) is 0 Å². The Kier molecular flexibility index (Phi) is 29.1. The standard InChI is InChI=1S/C65H93FN6O16/c1-5-65(18-20-73)50-40-56-60-48(42-72(56)63(77)49(50)43-88-64(65)78)59-52(15-14-47-45(4)51(66)41-54(69-60)58(47)59)70-61(75)53(13-9-10-19-67)71-62(76)55(39-46-11-7-6-8-12-46)68-57(74)17-22-80-24-26-82-28-30-84-32-34-86-36-38-87-37-35-85-33-31-83-29-27-81-25-23-79-21-16-44(2)3/h6-8,11-12,40-41,44,52-53,55,73H,5,9-10,13-39,42-43,67H2,1-4H3,(H,68,74)(H,70,75)(H,71,76)/t52-,53-,55-,65?/m0/s1. The zero-order chi connectivity index (χ0) is 62.7. The number of ether oxygens (including phenoxy) is 10. The summed E-state index contributed by atoms with van der Waals surface area (Å²) in [6.45, 7) is 15.7. The van der Waals surface area contributed by atoms with Crippen LogP contribution in [0.15, 0.2) is 47.3 Å². The minimum Gasteiger partial charge on any atom is -0.460 e. The topological polar surface area (TPSA) is 278 Å².